The highest BCUT2D eigenvalue weighted by molar-refractivity contribution is 6.62. The lowest BCUT2D eigenvalue weighted by Crippen LogP contribution is -2.41. The molecule has 5 nitrogen and oxygen atoms in total. The zero-order valence-corrected chi connectivity index (χ0v) is 13.5. The van der Waals surface area contributed by atoms with E-state index in [0.29, 0.717) is 6.04 Å². The molecule has 0 atom stereocenters. The Hall–Kier alpha value is -1.37. The largest absolute Gasteiger partial charge is 0.494 e. The summed E-state index contributed by atoms with van der Waals surface area (Å²) in [7, 11) is -0.329. The van der Waals surface area contributed by atoms with Crippen molar-refractivity contribution in [3.8, 4) is 0 Å². The fourth-order valence-corrected chi connectivity index (χ4v) is 2.85. The molecule has 0 bridgehead atoms. The van der Waals surface area contributed by atoms with Crippen molar-refractivity contribution in [3.05, 3.63) is 24.4 Å². The van der Waals surface area contributed by atoms with Crippen LogP contribution in [-0.4, -0.2) is 41.3 Å². The van der Waals surface area contributed by atoms with Crippen LogP contribution in [0.5, 0.6) is 0 Å². The Kier molecular flexibility index (Phi) is 2.96. The number of fused-ring (bicyclic) bond motifs is 1. The van der Waals surface area contributed by atoms with E-state index in [4.69, 9.17) is 14.0 Å². The van der Waals surface area contributed by atoms with Crippen LogP contribution in [0.3, 0.4) is 0 Å². The van der Waals surface area contributed by atoms with Crippen molar-refractivity contribution in [1.29, 1.82) is 0 Å². The van der Waals surface area contributed by atoms with Gasteiger partial charge in [0, 0.05) is 5.39 Å². The third-order valence-corrected chi connectivity index (χ3v) is 5.11. The number of hydrogen-bond acceptors (Lipinski definition) is 4. The van der Waals surface area contributed by atoms with E-state index in [0.717, 1.165) is 29.6 Å². The highest BCUT2D eigenvalue weighted by Crippen LogP contribution is 2.36. The number of rotatable bonds is 2. The average Bonchev–Trinajstić information content (AvgIpc) is 2.87. The molecule has 1 aromatic carbocycles. The van der Waals surface area contributed by atoms with E-state index in [9.17, 15) is 0 Å². The lowest BCUT2D eigenvalue weighted by Gasteiger charge is -2.32. The van der Waals surface area contributed by atoms with Gasteiger partial charge in [-0.2, -0.15) is 5.10 Å². The summed E-state index contributed by atoms with van der Waals surface area (Å²) in [6, 6.07) is 6.64. The van der Waals surface area contributed by atoms with Gasteiger partial charge in [-0.15, -0.1) is 0 Å². The van der Waals surface area contributed by atoms with Gasteiger partial charge >= 0.3 is 7.12 Å². The minimum absolute atomic E-state index is 0.319. The second kappa shape index (κ2) is 4.57. The van der Waals surface area contributed by atoms with Crippen LogP contribution >= 0.6 is 0 Å². The van der Waals surface area contributed by atoms with E-state index < -0.39 is 0 Å². The van der Waals surface area contributed by atoms with E-state index in [-0.39, 0.29) is 18.3 Å². The summed E-state index contributed by atoms with van der Waals surface area (Å²) >= 11 is 0. The second-order valence-corrected chi connectivity index (χ2v) is 7.19. The molecular weight excluding hydrogens is 279 g/mol. The molecule has 6 heteroatoms. The van der Waals surface area contributed by atoms with Crippen molar-refractivity contribution >= 4 is 23.5 Å². The van der Waals surface area contributed by atoms with Gasteiger partial charge < -0.3 is 14.0 Å². The van der Waals surface area contributed by atoms with Crippen LogP contribution in [0.4, 0.5) is 0 Å². The van der Waals surface area contributed by atoms with Crippen LogP contribution < -0.4 is 5.46 Å². The van der Waals surface area contributed by atoms with Gasteiger partial charge in [-0.1, -0.05) is 12.1 Å². The molecule has 0 spiro atoms. The summed E-state index contributed by atoms with van der Waals surface area (Å²) in [4.78, 5) is 0. The summed E-state index contributed by atoms with van der Waals surface area (Å²) in [5, 5.41) is 5.61. The first-order valence-electron chi connectivity index (χ1n) is 7.78. The van der Waals surface area contributed by atoms with Crippen LogP contribution in [0.1, 0.15) is 33.7 Å². The Morgan fingerprint density at radius 2 is 1.82 bits per heavy atom. The minimum Gasteiger partial charge on any atom is -0.399 e. The molecule has 116 valence electrons. The third-order valence-electron chi connectivity index (χ3n) is 5.11. The molecule has 2 aliphatic rings. The maximum Gasteiger partial charge on any atom is 0.494 e. The van der Waals surface area contributed by atoms with Gasteiger partial charge in [0.2, 0.25) is 0 Å². The summed E-state index contributed by atoms with van der Waals surface area (Å²) in [6.07, 6.45) is 1.91. The van der Waals surface area contributed by atoms with Crippen LogP contribution in [0.2, 0.25) is 0 Å². The molecule has 4 rings (SSSR count). The molecule has 1 aromatic heterocycles. The van der Waals surface area contributed by atoms with Gasteiger partial charge in [-0.25, -0.2) is 0 Å². The van der Waals surface area contributed by atoms with Gasteiger partial charge in [-0.05, 0) is 39.2 Å². The molecule has 2 aromatic rings. The first kappa shape index (κ1) is 14.2. The van der Waals surface area contributed by atoms with Crippen molar-refractivity contribution in [2.75, 3.05) is 13.2 Å². The van der Waals surface area contributed by atoms with E-state index in [1.807, 2.05) is 10.9 Å². The zero-order valence-electron chi connectivity index (χ0n) is 13.5. The topological polar surface area (TPSA) is 45.5 Å². The number of aromatic nitrogens is 2. The van der Waals surface area contributed by atoms with E-state index in [1.54, 1.807) is 0 Å². The van der Waals surface area contributed by atoms with Crippen LogP contribution in [0.15, 0.2) is 24.4 Å². The fourth-order valence-electron chi connectivity index (χ4n) is 2.85. The maximum absolute atomic E-state index is 6.12. The molecule has 2 aliphatic heterocycles. The Morgan fingerprint density at radius 3 is 2.41 bits per heavy atom. The van der Waals surface area contributed by atoms with Crippen LogP contribution in [-0.2, 0) is 14.0 Å². The minimum atomic E-state index is -0.329. The van der Waals surface area contributed by atoms with Crippen molar-refractivity contribution < 1.29 is 14.0 Å². The SMILES string of the molecule is CC1(C)OB(c2ccc3c(cnn3C3COC3)c2)OC1(C)C. The summed E-state index contributed by atoms with van der Waals surface area (Å²) in [6.45, 7) is 9.77. The third kappa shape index (κ3) is 2.01. The van der Waals surface area contributed by atoms with Crippen LogP contribution in [0, 0.1) is 0 Å². The van der Waals surface area contributed by atoms with Crippen molar-refractivity contribution in [3.63, 3.8) is 0 Å². The number of benzene rings is 1. The van der Waals surface area contributed by atoms with E-state index >= 15 is 0 Å². The standard InChI is InChI=1S/C16H21BN2O3/c1-15(2)16(3,4)22-17(21-15)12-5-6-14-11(7-12)8-18-19(14)13-9-20-10-13/h5-8,13H,9-10H2,1-4H3. The molecule has 2 fully saturated rings. The van der Waals surface area contributed by atoms with E-state index in [2.05, 4.69) is 51.0 Å². The molecule has 0 saturated carbocycles. The quantitative estimate of drug-likeness (QED) is 0.795. The fraction of sp³-hybridized carbons (Fsp3) is 0.562. The van der Waals surface area contributed by atoms with Gasteiger partial charge in [0.15, 0.2) is 0 Å². The van der Waals surface area contributed by atoms with Crippen molar-refractivity contribution in [1.82, 2.24) is 9.78 Å². The Labute approximate surface area is 130 Å². The molecule has 0 aliphatic carbocycles. The van der Waals surface area contributed by atoms with Crippen LogP contribution in [0.25, 0.3) is 10.9 Å². The van der Waals surface area contributed by atoms with Gasteiger partial charge in [0.1, 0.15) is 0 Å². The van der Waals surface area contributed by atoms with Gasteiger partial charge in [0.05, 0.1) is 42.2 Å². The monoisotopic (exact) mass is 300 g/mol. The number of hydrogen-bond donors (Lipinski definition) is 0. The molecule has 0 amide bonds. The first-order valence-corrected chi connectivity index (χ1v) is 7.78. The average molecular weight is 300 g/mol. The summed E-state index contributed by atoms with van der Waals surface area (Å²) in [5.41, 5.74) is 1.53. The molecule has 22 heavy (non-hydrogen) atoms. The summed E-state index contributed by atoms with van der Waals surface area (Å²) in [5.74, 6) is 0. The first-order chi connectivity index (χ1) is 10.4. The lowest BCUT2D eigenvalue weighted by atomic mass is 9.79. The Balaban J connectivity index is 1.66. The maximum atomic E-state index is 6.12. The van der Waals surface area contributed by atoms with Gasteiger partial charge in [-0.3, -0.25) is 4.68 Å². The molecule has 2 saturated heterocycles. The summed E-state index contributed by atoms with van der Waals surface area (Å²) < 4.78 is 19.5. The normalized spacial score (nSPS) is 23.9. The Morgan fingerprint density at radius 1 is 1.14 bits per heavy atom. The molecule has 0 unspecified atom stereocenters. The smallest absolute Gasteiger partial charge is 0.399 e. The number of ether oxygens (including phenoxy) is 1. The van der Waals surface area contributed by atoms with Crippen molar-refractivity contribution in [2.45, 2.75) is 44.9 Å². The highest BCUT2D eigenvalue weighted by Gasteiger charge is 2.51. The lowest BCUT2D eigenvalue weighted by molar-refractivity contribution is -0.0266. The van der Waals surface area contributed by atoms with Crippen molar-refractivity contribution in [2.24, 2.45) is 0 Å². The van der Waals surface area contributed by atoms with Gasteiger partial charge in [0.25, 0.3) is 0 Å². The molecule has 0 N–H and O–H groups in total. The number of nitrogens with zero attached hydrogens (tertiary/aromatic N) is 2. The highest BCUT2D eigenvalue weighted by atomic mass is 16.7. The Bertz CT molecular complexity index is 705. The molecular formula is C16H21BN2O3. The molecule has 0 radical (unpaired) electrons. The predicted octanol–water partition coefficient (Wildman–Crippen LogP) is 1.91. The predicted molar refractivity (Wildman–Crippen MR) is 85.3 cm³/mol. The zero-order chi connectivity index (χ0) is 15.5. The second-order valence-electron chi connectivity index (χ2n) is 7.19. The van der Waals surface area contributed by atoms with E-state index in [1.165, 1.54) is 0 Å². The molecule has 3 heterocycles.